The van der Waals surface area contributed by atoms with Crippen molar-refractivity contribution < 1.29 is 14.2 Å². The summed E-state index contributed by atoms with van der Waals surface area (Å²) in [5, 5.41) is 9.30. The van der Waals surface area contributed by atoms with Crippen LogP contribution in [0.4, 0.5) is 10.2 Å². The van der Waals surface area contributed by atoms with Crippen LogP contribution in [0, 0.1) is 0 Å². The zero-order chi connectivity index (χ0) is 13.3. The topological polar surface area (TPSA) is 90.4 Å². The van der Waals surface area contributed by atoms with Crippen LogP contribution < -0.4 is 11.4 Å². The third kappa shape index (κ3) is 2.11. The van der Waals surface area contributed by atoms with Crippen molar-refractivity contribution in [2.75, 3.05) is 12.3 Å². The highest BCUT2D eigenvalue weighted by molar-refractivity contribution is 5.23. The summed E-state index contributed by atoms with van der Waals surface area (Å²) in [6.45, 7) is 1.52. The summed E-state index contributed by atoms with van der Waals surface area (Å²) in [5.41, 5.74) is 3.78. The molecule has 3 atom stereocenters. The van der Waals surface area contributed by atoms with Gasteiger partial charge in [0.05, 0.1) is 12.2 Å². The van der Waals surface area contributed by atoms with Gasteiger partial charge in [-0.2, -0.15) is 4.98 Å². The van der Waals surface area contributed by atoms with E-state index in [0.717, 1.165) is 4.57 Å². The Morgan fingerprint density at radius 1 is 1.78 bits per heavy atom. The van der Waals surface area contributed by atoms with Crippen LogP contribution in [0.3, 0.4) is 0 Å². The summed E-state index contributed by atoms with van der Waals surface area (Å²) < 4.78 is 20.6. The van der Waals surface area contributed by atoms with E-state index in [0.29, 0.717) is 6.42 Å². The van der Waals surface area contributed by atoms with Crippen LogP contribution in [-0.2, 0) is 4.74 Å². The third-order valence-corrected chi connectivity index (χ3v) is 3.31. The van der Waals surface area contributed by atoms with E-state index in [-0.39, 0.29) is 18.8 Å². The van der Waals surface area contributed by atoms with E-state index in [1.54, 1.807) is 6.92 Å². The molecule has 2 rings (SSSR count). The third-order valence-electron chi connectivity index (χ3n) is 3.31. The highest BCUT2D eigenvalue weighted by Gasteiger charge is 2.46. The van der Waals surface area contributed by atoms with E-state index >= 15 is 0 Å². The molecular weight excluding hydrogens is 241 g/mol. The molecule has 1 aromatic rings. The fourth-order valence-corrected chi connectivity index (χ4v) is 2.13. The van der Waals surface area contributed by atoms with Crippen molar-refractivity contribution in [2.45, 2.75) is 37.8 Å². The van der Waals surface area contributed by atoms with Crippen molar-refractivity contribution in [3.63, 3.8) is 0 Å². The van der Waals surface area contributed by atoms with E-state index in [1.807, 2.05) is 0 Å². The zero-order valence-corrected chi connectivity index (χ0v) is 10.0. The molecule has 1 aliphatic rings. The van der Waals surface area contributed by atoms with Gasteiger partial charge in [0.25, 0.3) is 0 Å². The lowest BCUT2D eigenvalue weighted by Crippen LogP contribution is -2.34. The van der Waals surface area contributed by atoms with Crippen LogP contribution >= 0.6 is 0 Å². The Hall–Kier alpha value is -1.47. The molecule has 18 heavy (non-hydrogen) atoms. The molecule has 1 fully saturated rings. The fourth-order valence-electron chi connectivity index (χ4n) is 2.13. The van der Waals surface area contributed by atoms with Crippen molar-refractivity contribution >= 4 is 5.82 Å². The number of aromatic nitrogens is 2. The quantitative estimate of drug-likeness (QED) is 0.808. The number of alkyl halides is 1. The van der Waals surface area contributed by atoms with Crippen molar-refractivity contribution in [2.24, 2.45) is 0 Å². The predicted molar refractivity (Wildman–Crippen MR) is 62.7 cm³/mol. The molecule has 1 aliphatic heterocycles. The molecule has 6 nitrogen and oxygen atoms in total. The number of ether oxygens (including phenoxy) is 1. The molecular formula is C11H16FN3O3. The molecule has 0 spiro atoms. The fraction of sp³-hybridized carbons (Fsp3) is 0.636. The number of nitrogen functional groups attached to an aromatic ring is 1. The van der Waals surface area contributed by atoms with Crippen molar-refractivity contribution in [3.8, 4) is 0 Å². The lowest BCUT2D eigenvalue weighted by molar-refractivity contribution is -0.107. The van der Waals surface area contributed by atoms with Gasteiger partial charge in [0.2, 0.25) is 0 Å². The number of hydrogen-bond donors (Lipinski definition) is 2. The molecule has 3 unspecified atom stereocenters. The number of rotatable bonds is 3. The maximum Gasteiger partial charge on any atom is 0.351 e. The van der Waals surface area contributed by atoms with Crippen molar-refractivity contribution in [3.05, 3.63) is 22.7 Å². The van der Waals surface area contributed by atoms with Gasteiger partial charge < -0.3 is 15.6 Å². The standard InChI is InChI=1S/C11H16FN3O3/c1-2-11(6-16)5-7(12)9(18-11)15-4-3-8(13)14-10(15)17/h3-4,7,9,16H,2,5-6H2,1H3,(H2,13,14,17). The molecule has 1 saturated heterocycles. The molecule has 0 radical (unpaired) electrons. The second kappa shape index (κ2) is 4.66. The Labute approximate surface area is 103 Å². The predicted octanol–water partition coefficient (Wildman–Crippen LogP) is 0.224. The van der Waals surface area contributed by atoms with Crippen molar-refractivity contribution in [1.29, 1.82) is 0 Å². The highest BCUT2D eigenvalue weighted by atomic mass is 19.1. The SMILES string of the molecule is CCC1(CO)CC(F)C(n2ccc(N)nc2=O)O1. The number of aliphatic hydroxyl groups is 1. The van der Waals surface area contributed by atoms with Crippen molar-refractivity contribution in [1.82, 2.24) is 9.55 Å². The van der Waals surface area contributed by atoms with E-state index in [2.05, 4.69) is 4.98 Å². The Morgan fingerprint density at radius 2 is 2.50 bits per heavy atom. The second-order valence-corrected chi connectivity index (χ2v) is 4.47. The average molecular weight is 257 g/mol. The maximum absolute atomic E-state index is 14.0. The molecule has 0 saturated carbocycles. The van der Waals surface area contributed by atoms with Gasteiger partial charge in [-0.15, -0.1) is 0 Å². The van der Waals surface area contributed by atoms with Crippen LogP contribution in [0.25, 0.3) is 0 Å². The number of halogens is 1. The molecule has 2 heterocycles. The first-order valence-electron chi connectivity index (χ1n) is 5.79. The molecule has 100 valence electrons. The number of anilines is 1. The number of aliphatic hydroxyl groups excluding tert-OH is 1. The minimum Gasteiger partial charge on any atom is -0.393 e. The summed E-state index contributed by atoms with van der Waals surface area (Å²) in [4.78, 5) is 15.2. The average Bonchev–Trinajstić information content (AvgIpc) is 2.67. The summed E-state index contributed by atoms with van der Waals surface area (Å²) in [5.74, 6) is 0.0774. The molecule has 0 bridgehead atoms. The number of hydrogen-bond acceptors (Lipinski definition) is 5. The Morgan fingerprint density at radius 3 is 3.00 bits per heavy atom. The monoisotopic (exact) mass is 257 g/mol. The largest absolute Gasteiger partial charge is 0.393 e. The van der Waals surface area contributed by atoms with Crippen LogP contribution in [0.15, 0.2) is 17.1 Å². The van der Waals surface area contributed by atoms with Gasteiger partial charge in [0.1, 0.15) is 12.0 Å². The number of nitrogens with two attached hydrogens (primary N) is 1. The molecule has 1 aromatic heterocycles. The molecule has 7 heteroatoms. The lowest BCUT2D eigenvalue weighted by atomic mass is 9.97. The Kier molecular flexibility index (Phi) is 3.36. The lowest BCUT2D eigenvalue weighted by Gasteiger charge is -2.25. The highest BCUT2D eigenvalue weighted by Crippen LogP contribution is 2.39. The second-order valence-electron chi connectivity index (χ2n) is 4.47. The smallest absolute Gasteiger partial charge is 0.351 e. The van der Waals surface area contributed by atoms with Crippen LogP contribution in [-0.4, -0.2) is 33.0 Å². The summed E-state index contributed by atoms with van der Waals surface area (Å²) in [6.07, 6.45) is -0.540. The first kappa shape index (κ1) is 13.0. The number of nitrogens with zero attached hydrogens (tertiary/aromatic N) is 2. The van der Waals surface area contributed by atoms with Gasteiger partial charge in [-0.3, -0.25) is 4.57 Å². The van der Waals surface area contributed by atoms with E-state index in [1.165, 1.54) is 12.3 Å². The van der Waals surface area contributed by atoms with Gasteiger partial charge >= 0.3 is 5.69 Å². The zero-order valence-electron chi connectivity index (χ0n) is 10.0. The Balaban J connectivity index is 2.32. The summed E-state index contributed by atoms with van der Waals surface area (Å²) in [7, 11) is 0. The van der Waals surface area contributed by atoms with Gasteiger partial charge in [-0.1, -0.05) is 6.92 Å². The molecule has 0 aliphatic carbocycles. The maximum atomic E-state index is 14.0. The minimum absolute atomic E-state index is 0.0570. The van der Waals surface area contributed by atoms with E-state index < -0.39 is 23.7 Å². The molecule has 0 aromatic carbocycles. The Bertz CT molecular complexity index is 487. The first-order chi connectivity index (χ1) is 8.51. The minimum atomic E-state index is -1.36. The van der Waals surface area contributed by atoms with E-state index in [4.69, 9.17) is 10.5 Å². The van der Waals surface area contributed by atoms with E-state index in [9.17, 15) is 14.3 Å². The summed E-state index contributed by atoms with van der Waals surface area (Å²) in [6, 6.07) is 1.41. The van der Waals surface area contributed by atoms with Gasteiger partial charge in [0, 0.05) is 12.6 Å². The molecule has 3 N–H and O–H groups in total. The van der Waals surface area contributed by atoms with Crippen LogP contribution in [0.1, 0.15) is 26.0 Å². The van der Waals surface area contributed by atoms with Crippen LogP contribution in [0.2, 0.25) is 0 Å². The van der Waals surface area contributed by atoms with Gasteiger partial charge in [-0.05, 0) is 12.5 Å². The normalized spacial score (nSPS) is 31.7. The van der Waals surface area contributed by atoms with Crippen LogP contribution in [0.5, 0.6) is 0 Å². The van der Waals surface area contributed by atoms with Gasteiger partial charge in [0.15, 0.2) is 6.23 Å². The summed E-state index contributed by atoms with van der Waals surface area (Å²) >= 11 is 0. The van der Waals surface area contributed by atoms with Gasteiger partial charge in [-0.25, -0.2) is 9.18 Å². The molecule has 0 amide bonds. The first-order valence-corrected chi connectivity index (χ1v) is 5.79.